The molecule has 0 saturated carbocycles. The largest absolute Gasteiger partial charge is 0.377 e. The summed E-state index contributed by atoms with van der Waals surface area (Å²) in [5.41, 5.74) is 7.27. The third kappa shape index (κ3) is 4.28. The first-order valence-electron chi connectivity index (χ1n) is 6.89. The molecule has 0 radical (unpaired) electrons. The third-order valence-corrected chi connectivity index (χ3v) is 4.95. The molecule has 112 valence electrons. The predicted octanol–water partition coefficient (Wildman–Crippen LogP) is 1.13. The van der Waals surface area contributed by atoms with Crippen molar-refractivity contribution < 1.29 is 13.2 Å². The van der Waals surface area contributed by atoms with Crippen molar-refractivity contribution in [2.75, 3.05) is 6.61 Å². The Morgan fingerprint density at radius 2 is 2.00 bits per heavy atom. The molecule has 1 heterocycles. The van der Waals surface area contributed by atoms with Crippen LogP contribution < -0.4 is 10.5 Å². The maximum absolute atomic E-state index is 12.1. The number of hydrogen-bond donors (Lipinski definition) is 2. The molecule has 1 aliphatic rings. The lowest BCUT2D eigenvalue weighted by molar-refractivity contribution is 0.0902. The van der Waals surface area contributed by atoms with Crippen LogP contribution in [0.3, 0.4) is 0 Å². The van der Waals surface area contributed by atoms with Crippen molar-refractivity contribution in [2.45, 2.75) is 44.2 Å². The summed E-state index contributed by atoms with van der Waals surface area (Å²) in [6.07, 6.45) is 1.90. The topological polar surface area (TPSA) is 81.4 Å². The van der Waals surface area contributed by atoms with Gasteiger partial charge in [-0.25, -0.2) is 13.1 Å². The molecule has 3 N–H and O–H groups in total. The van der Waals surface area contributed by atoms with Crippen LogP contribution in [-0.2, 0) is 27.1 Å². The molecule has 2 rings (SSSR count). The number of sulfonamides is 1. The van der Waals surface area contributed by atoms with Gasteiger partial charge in [0.2, 0.25) is 10.0 Å². The average Bonchev–Trinajstić information content (AvgIpc) is 2.92. The van der Waals surface area contributed by atoms with Crippen molar-refractivity contribution in [3.8, 4) is 0 Å². The monoisotopic (exact) mass is 298 g/mol. The molecule has 1 aromatic carbocycles. The standard InChI is InChI=1S/C14H22N2O3S/c1-11(14-3-2-8-19-14)16-20(17,18)10-13-6-4-12(9-15)5-7-13/h4-7,11,14,16H,2-3,8-10,15H2,1H3. The molecule has 0 aromatic heterocycles. The fraction of sp³-hybridized carbons (Fsp3) is 0.571. The van der Waals surface area contributed by atoms with Crippen LogP contribution in [0.4, 0.5) is 0 Å². The van der Waals surface area contributed by atoms with Crippen molar-refractivity contribution in [2.24, 2.45) is 5.73 Å². The van der Waals surface area contributed by atoms with Crippen LogP contribution in [0.5, 0.6) is 0 Å². The molecule has 1 saturated heterocycles. The number of ether oxygens (including phenoxy) is 1. The van der Waals surface area contributed by atoms with Gasteiger partial charge in [0.25, 0.3) is 0 Å². The molecule has 6 heteroatoms. The van der Waals surface area contributed by atoms with Gasteiger partial charge in [-0.1, -0.05) is 24.3 Å². The Balaban J connectivity index is 1.95. The summed E-state index contributed by atoms with van der Waals surface area (Å²) >= 11 is 0. The molecular weight excluding hydrogens is 276 g/mol. The van der Waals surface area contributed by atoms with E-state index in [-0.39, 0.29) is 17.9 Å². The van der Waals surface area contributed by atoms with E-state index in [2.05, 4.69) is 4.72 Å². The highest BCUT2D eigenvalue weighted by Crippen LogP contribution is 2.16. The van der Waals surface area contributed by atoms with E-state index in [9.17, 15) is 8.42 Å². The first kappa shape index (κ1) is 15.4. The number of nitrogens with two attached hydrogens (primary N) is 1. The van der Waals surface area contributed by atoms with Crippen LogP contribution in [0, 0.1) is 0 Å². The van der Waals surface area contributed by atoms with E-state index in [1.807, 2.05) is 19.1 Å². The Morgan fingerprint density at radius 1 is 1.35 bits per heavy atom. The van der Waals surface area contributed by atoms with Gasteiger partial charge in [-0.2, -0.15) is 0 Å². The number of benzene rings is 1. The minimum Gasteiger partial charge on any atom is -0.377 e. The quantitative estimate of drug-likeness (QED) is 0.825. The fourth-order valence-electron chi connectivity index (χ4n) is 2.39. The van der Waals surface area contributed by atoms with E-state index in [4.69, 9.17) is 10.5 Å². The Hall–Kier alpha value is -0.950. The van der Waals surface area contributed by atoms with E-state index in [0.29, 0.717) is 6.54 Å². The van der Waals surface area contributed by atoms with Gasteiger partial charge in [-0.3, -0.25) is 0 Å². The molecule has 20 heavy (non-hydrogen) atoms. The summed E-state index contributed by atoms with van der Waals surface area (Å²) in [6.45, 7) is 3.03. The number of hydrogen-bond acceptors (Lipinski definition) is 4. The zero-order valence-corrected chi connectivity index (χ0v) is 12.5. The van der Waals surface area contributed by atoms with Crippen molar-refractivity contribution in [3.05, 3.63) is 35.4 Å². The van der Waals surface area contributed by atoms with E-state index in [1.165, 1.54) is 0 Å². The van der Waals surface area contributed by atoms with Gasteiger partial charge in [0, 0.05) is 19.2 Å². The highest BCUT2D eigenvalue weighted by atomic mass is 32.2. The second-order valence-corrected chi connectivity index (χ2v) is 6.99. The SMILES string of the molecule is CC(NS(=O)(=O)Cc1ccc(CN)cc1)C1CCCO1. The Kier molecular flexibility index (Phi) is 5.15. The molecule has 0 bridgehead atoms. The number of nitrogens with one attached hydrogen (secondary N) is 1. The zero-order chi connectivity index (χ0) is 14.6. The second kappa shape index (κ2) is 6.67. The molecule has 0 amide bonds. The summed E-state index contributed by atoms with van der Waals surface area (Å²) < 4.78 is 32.5. The summed E-state index contributed by atoms with van der Waals surface area (Å²) in [5, 5.41) is 0. The minimum absolute atomic E-state index is 0.00982. The van der Waals surface area contributed by atoms with Crippen LogP contribution in [-0.4, -0.2) is 27.2 Å². The minimum atomic E-state index is -3.35. The average molecular weight is 298 g/mol. The van der Waals surface area contributed by atoms with E-state index >= 15 is 0 Å². The fourth-order valence-corrected chi connectivity index (χ4v) is 3.82. The smallest absolute Gasteiger partial charge is 0.216 e. The predicted molar refractivity (Wildman–Crippen MR) is 78.5 cm³/mol. The highest BCUT2D eigenvalue weighted by molar-refractivity contribution is 7.88. The summed E-state index contributed by atoms with van der Waals surface area (Å²) in [5.74, 6) is -0.0189. The summed E-state index contributed by atoms with van der Waals surface area (Å²) in [7, 11) is -3.35. The van der Waals surface area contributed by atoms with Gasteiger partial charge >= 0.3 is 0 Å². The maximum atomic E-state index is 12.1. The Bertz CT molecular complexity index is 522. The van der Waals surface area contributed by atoms with Gasteiger partial charge in [0.1, 0.15) is 0 Å². The van der Waals surface area contributed by atoms with Crippen LogP contribution in [0.1, 0.15) is 30.9 Å². The van der Waals surface area contributed by atoms with E-state index in [0.717, 1.165) is 30.6 Å². The molecule has 2 atom stereocenters. The Morgan fingerprint density at radius 3 is 2.55 bits per heavy atom. The van der Waals surface area contributed by atoms with Crippen molar-refractivity contribution >= 4 is 10.0 Å². The van der Waals surface area contributed by atoms with E-state index < -0.39 is 10.0 Å². The lowest BCUT2D eigenvalue weighted by Crippen LogP contribution is -2.41. The summed E-state index contributed by atoms with van der Waals surface area (Å²) in [6, 6.07) is 7.13. The number of rotatable bonds is 6. The first-order valence-corrected chi connectivity index (χ1v) is 8.55. The summed E-state index contributed by atoms with van der Waals surface area (Å²) in [4.78, 5) is 0. The molecular formula is C14H22N2O3S. The first-order chi connectivity index (χ1) is 9.50. The molecule has 0 aliphatic carbocycles. The van der Waals surface area contributed by atoms with E-state index in [1.54, 1.807) is 12.1 Å². The molecule has 1 aromatic rings. The highest BCUT2D eigenvalue weighted by Gasteiger charge is 2.26. The maximum Gasteiger partial charge on any atom is 0.216 e. The molecule has 2 unspecified atom stereocenters. The third-order valence-electron chi connectivity index (χ3n) is 3.50. The molecule has 1 fully saturated rings. The normalized spacial score (nSPS) is 21.0. The molecule has 0 spiro atoms. The van der Waals surface area contributed by atoms with Crippen LogP contribution in [0.15, 0.2) is 24.3 Å². The van der Waals surface area contributed by atoms with Gasteiger partial charge in [0.15, 0.2) is 0 Å². The van der Waals surface area contributed by atoms with Gasteiger partial charge in [-0.05, 0) is 30.9 Å². The lowest BCUT2D eigenvalue weighted by Gasteiger charge is -2.20. The van der Waals surface area contributed by atoms with Gasteiger partial charge < -0.3 is 10.5 Å². The molecule has 1 aliphatic heterocycles. The van der Waals surface area contributed by atoms with Crippen LogP contribution >= 0.6 is 0 Å². The van der Waals surface area contributed by atoms with Crippen molar-refractivity contribution in [1.29, 1.82) is 0 Å². The van der Waals surface area contributed by atoms with Gasteiger partial charge in [-0.15, -0.1) is 0 Å². The van der Waals surface area contributed by atoms with Crippen molar-refractivity contribution in [1.82, 2.24) is 4.72 Å². The van der Waals surface area contributed by atoms with Crippen molar-refractivity contribution in [3.63, 3.8) is 0 Å². The lowest BCUT2D eigenvalue weighted by atomic mass is 10.1. The van der Waals surface area contributed by atoms with Crippen LogP contribution in [0.2, 0.25) is 0 Å². The van der Waals surface area contributed by atoms with Gasteiger partial charge in [0.05, 0.1) is 11.9 Å². The Labute approximate surface area is 120 Å². The second-order valence-electron chi connectivity index (χ2n) is 5.24. The zero-order valence-electron chi connectivity index (χ0n) is 11.7. The molecule has 5 nitrogen and oxygen atoms in total. The van der Waals surface area contributed by atoms with Crippen LogP contribution in [0.25, 0.3) is 0 Å².